The Morgan fingerprint density at radius 3 is 2.26 bits per heavy atom. The van der Waals surface area contributed by atoms with E-state index in [1.807, 2.05) is 0 Å². The molecule has 0 aliphatic heterocycles. The van der Waals surface area contributed by atoms with Crippen molar-refractivity contribution in [3.63, 3.8) is 0 Å². The van der Waals surface area contributed by atoms with Crippen molar-refractivity contribution in [2.24, 2.45) is 0 Å². The minimum atomic E-state index is -1.17. The van der Waals surface area contributed by atoms with Gasteiger partial charge in [-0.05, 0) is 59.0 Å². The Labute approximate surface area is 198 Å². The number of ketones is 1. The molecule has 0 saturated carbocycles. The number of hydrogen-bond donors (Lipinski definition) is 3. The molecule has 0 heterocycles. The van der Waals surface area contributed by atoms with E-state index in [1.165, 1.54) is 24.3 Å². The van der Waals surface area contributed by atoms with Crippen LogP contribution in [0, 0.1) is 11.3 Å². The number of carbonyl (C=O) groups is 4. The molecule has 0 fully saturated rings. The SMILES string of the molecule is CN(C)CC(=O)N[C@@H](Cc1ccc(F)cc1)C(=O)N[C@@H](CCC(=O)C=[N+]=N)C(=O)OC(C)(C)C. The highest BCUT2D eigenvalue weighted by molar-refractivity contribution is 6.25. The van der Waals surface area contributed by atoms with Crippen LogP contribution in [0.1, 0.15) is 39.2 Å². The highest BCUT2D eigenvalue weighted by atomic mass is 19.1. The fourth-order valence-electron chi connectivity index (χ4n) is 2.91. The van der Waals surface area contributed by atoms with E-state index in [4.69, 9.17) is 10.3 Å². The molecule has 0 spiro atoms. The van der Waals surface area contributed by atoms with Crippen molar-refractivity contribution in [3.8, 4) is 0 Å². The Balaban J connectivity index is 3.09. The third-order valence-electron chi connectivity index (χ3n) is 4.36. The van der Waals surface area contributed by atoms with Crippen molar-refractivity contribution < 1.29 is 33.1 Å². The predicted molar refractivity (Wildman–Crippen MR) is 122 cm³/mol. The number of nitrogens with zero attached hydrogens (tertiary/aromatic N) is 2. The van der Waals surface area contributed by atoms with Gasteiger partial charge in [0.2, 0.25) is 17.6 Å². The van der Waals surface area contributed by atoms with Gasteiger partial charge in [-0.2, -0.15) is 0 Å². The summed E-state index contributed by atoms with van der Waals surface area (Å²) in [6.45, 7) is 5.03. The first-order valence-corrected chi connectivity index (χ1v) is 10.7. The second kappa shape index (κ2) is 13.3. The third kappa shape index (κ3) is 11.4. The number of likely N-dealkylation sites (N-methyl/N-ethyl adjacent to an activating group) is 1. The first kappa shape index (κ1) is 28.6. The van der Waals surface area contributed by atoms with E-state index in [1.54, 1.807) is 39.8 Å². The number of halogens is 1. The molecule has 10 nitrogen and oxygen atoms in total. The molecule has 1 aromatic carbocycles. The van der Waals surface area contributed by atoms with Gasteiger partial charge in [0.1, 0.15) is 23.5 Å². The van der Waals surface area contributed by atoms with E-state index in [0.717, 1.165) is 6.21 Å². The summed E-state index contributed by atoms with van der Waals surface area (Å²) >= 11 is 0. The number of benzene rings is 1. The minimum Gasteiger partial charge on any atom is -0.458 e. The molecular formula is C23H33FN5O5+. The van der Waals surface area contributed by atoms with Crippen LogP contribution in [0.25, 0.3) is 0 Å². The number of rotatable bonds is 12. The van der Waals surface area contributed by atoms with Gasteiger partial charge in [0, 0.05) is 12.8 Å². The molecule has 2 atom stereocenters. The van der Waals surface area contributed by atoms with Crippen LogP contribution in [0.4, 0.5) is 4.39 Å². The summed E-state index contributed by atoms with van der Waals surface area (Å²) in [5.41, 5.74) is 6.51. The maximum absolute atomic E-state index is 13.3. The molecule has 0 unspecified atom stereocenters. The van der Waals surface area contributed by atoms with Gasteiger partial charge in [0.05, 0.1) is 16.9 Å². The Hall–Kier alpha value is -3.43. The molecular weight excluding hydrogens is 445 g/mol. The normalized spacial score (nSPS) is 12.8. The van der Waals surface area contributed by atoms with Crippen LogP contribution in [0.15, 0.2) is 24.3 Å². The summed E-state index contributed by atoms with van der Waals surface area (Å²) < 4.78 is 18.6. The smallest absolute Gasteiger partial charge is 0.372 e. The van der Waals surface area contributed by atoms with Crippen LogP contribution in [0.3, 0.4) is 0 Å². The molecule has 0 aromatic heterocycles. The van der Waals surface area contributed by atoms with Crippen LogP contribution >= 0.6 is 0 Å². The average molecular weight is 479 g/mol. The number of Topliss-reactive ketones (excluding diaryl/α,β-unsaturated/α-hetero) is 1. The first-order valence-electron chi connectivity index (χ1n) is 10.7. The average Bonchev–Trinajstić information content (AvgIpc) is 2.70. The van der Waals surface area contributed by atoms with Crippen molar-refractivity contribution in [3.05, 3.63) is 35.6 Å². The van der Waals surface area contributed by atoms with E-state index in [-0.39, 0.29) is 25.8 Å². The van der Waals surface area contributed by atoms with Crippen LogP contribution in [0.5, 0.6) is 0 Å². The van der Waals surface area contributed by atoms with Crippen LogP contribution in [-0.4, -0.2) is 77.8 Å². The molecule has 1 aromatic rings. The summed E-state index contributed by atoms with van der Waals surface area (Å²) in [5, 5.41) is 5.21. The number of esters is 1. The number of nitrogens with one attached hydrogen (secondary N) is 3. The topological polar surface area (TPSA) is 143 Å². The van der Waals surface area contributed by atoms with E-state index in [0.29, 0.717) is 5.56 Å². The van der Waals surface area contributed by atoms with E-state index < -0.39 is 47.1 Å². The van der Waals surface area contributed by atoms with Gasteiger partial charge in [-0.15, -0.1) is 0 Å². The Kier molecular flexibility index (Phi) is 11.2. The zero-order valence-electron chi connectivity index (χ0n) is 20.2. The molecule has 0 radical (unpaired) electrons. The lowest BCUT2D eigenvalue weighted by molar-refractivity contribution is -0.159. The lowest BCUT2D eigenvalue weighted by atomic mass is 10.0. The Bertz CT molecular complexity index is 921. The molecule has 1 rings (SSSR count). The molecule has 2 amide bonds. The Morgan fingerprint density at radius 2 is 1.74 bits per heavy atom. The first-order chi connectivity index (χ1) is 15.8. The van der Waals surface area contributed by atoms with E-state index in [9.17, 15) is 23.6 Å². The van der Waals surface area contributed by atoms with Crippen molar-refractivity contribution >= 4 is 29.8 Å². The molecule has 0 bridgehead atoms. The van der Waals surface area contributed by atoms with Crippen LogP contribution in [-0.2, 0) is 30.3 Å². The second-order valence-electron chi connectivity index (χ2n) is 9.05. The Morgan fingerprint density at radius 1 is 1.12 bits per heavy atom. The monoisotopic (exact) mass is 478 g/mol. The predicted octanol–water partition coefficient (Wildman–Crippen LogP) is 0.900. The summed E-state index contributed by atoms with van der Waals surface area (Å²) in [5.74, 6) is -2.74. The van der Waals surface area contributed by atoms with Gasteiger partial charge in [-0.1, -0.05) is 12.1 Å². The molecule has 11 heteroatoms. The molecule has 0 aliphatic rings. The zero-order chi connectivity index (χ0) is 25.9. The lowest BCUT2D eigenvalue weighted by Gasteiger charge is -2.26. The number of amides is 2. The zero-order valence-corrected chi connectivity index (χ0v) is 20.2. The van der Waals surface area contributed by atoms with Crippen LogP contribution in [0.2, 0.25) is 0 Å². The standard InChI is InChI=1S/C23H32FN5O5/c1-23(2,3)34-22(33)18(11-10-17(30)13-26-25)28-21(32)19(27-20(31)14-29(4)5)12-15-6-8-16(24)9-7-15/h6-9,13,18-19,25H,10-12,14H2,1-5H3,(H-,27,28,31,32)/p+1/t18-,19-/m0/s1. The van der Waals surface area contributed by atoms with Gasteiger partial charge in [0.25, 0.3) is 0 Å². The second-order valence-corrected chi connectivity index (χ2v) is 9.05. The summed E-state index contributed by atoms with van der Waals surface area (Å²) in [4.78, 5) is 54.5. The highest BCUT2D eigenvalue weighted by Crippen LogP contribution is 2.12. The number of hydrogen-bond acceptors (Lipinski definition) is 7. The van der Waals surface area contributed by atoms with Crippen LogP contribution < -0.4 is 10.6 Å². The molecule has 0 saturated heterocycles. The van der Waals surface area contributed by atoms with Gasteiger partial charge in [-0.3, -0.25) is 14.4 Å². The van der Waals surface area contributed by atoms with Crippen molar-refractivity contribution in [1.29, 1.82) is 5.53 Å². The van der Waals surface area contributed by atoms with Gasteiger partial charge >= 0.3 is 12.2 Å². The van der Waals surface area contributed by atoms with Crippen molar-refractivity contribution in [2.45, 2.75) is 57.7 Å². The van der Waals surface area contributed by atoms with Gasteiger partial charge in [0.15, 0.2) is 0 Å². The molecule has 34 heavy (non-hydrogen) atoms. The summed E-state index contributed by atoms with van der Waals surface area (Å²) in [7, 11) is 3.40. The summed E-state index contributed by atoms with van der Waals surface area (Å²) in [6.07, 6.45) is 0.631. The number of carbonyl (C=O) groups excluding carboxylic acids is 4. The van der Waals surface area contributed by atoms with Crippen molar-refractivity contribution in [2.75, 3.05) is 20.6 Å². The lowest BCUT2D eigenvalue weighted by Crippen LogP contribution is -2.54. The number of ether oxygens (including phenoxy) is 1. The molecule has 0 aliphatic carbocycles. The van der Waals surface area contributed by atoms with E-state index >= 15 is 0 Å². The van der Waals surface area contributed by atoms with Crippen molar-refractivity contribution in [1.82, 2.24) is 15.5 Å². The van der Waals surface area contributed by atoms with Gasteiger partial charge in [-0.25, -0.2) is 9.18 Å². The van der Waals surface area contributed by atoms with Gasteiger partial charge < -0.3 is 20.3 Å². The largest absolute Gasteiger partial charge is 0.458 e. The maximum atomic E-state index is 13.3. The van der Waals surface area contributed by atoms with E-state index in [2.05, 4.69) is 15.4 Å². The third-order valence-corrected chi connectivity index (χ3v) is 4.36. The fourth-order valence-corrected chi connectivity index (χ4v) is 2.91. The fraction of sp³-hybridized carbons (Fsp3) is 0.522. The minimum absolute atomic E-state index is 0.0314. The highest BCUT2D eigenvalue weighted by Gasteiger charge is 2.30. The summed E-state index contributed by atoms with van der Waals surface area (Å²) in [6, 6.07) is 3.25. The quantitative estimate of drug-likeness (QED) is 0.176. The molecule has 3 N–H and O–H groups in total. The molecule has 186 valence electrons. The maximum Gasteiger partial charge on any atom is 0.372 e.